The first-order valence-electron chi connectivity index (χ1n) is 12.1. The minimum atomic E-state index is -0.792. The predicted molar refractivity (Wildman–Crippen MR) is 140 cm³/mol. The van der Waals surface area contributed by atoms with Crippen LogP contribution in [0.15, 0.2) is 78.4 Å². The zero-order valence-electron chi connectivity index (χ0n) is 21.0. The van der Waals surface area contributed by atoms with Crippen molar-refractivity contribution in [3.8, 4) is 11.5 Å². The van der Waals surface area contributed by atoms with Gasteiger partial charge in [0.2, 0.25) is 0 Å². The molecule has 0 bridgehead atoms. The molecule has 1 aliphatic heterocycles. The molecule has 6 nitrogen and oxygen atoms in total. The Labute approximate surface area is 211 Å². The Morgan fingerprint density at radius 2 is 1.58 bits per heavy atom. The Morgan fingerprint density at radius 1 is 0.944 bits per heavy atom. The zero-order chi connectivity index (χ0) is 25.8. The largest absolute Gasteiger partial charge is 0.507 e. The molecule has 36 heavy (non-hydrogen) atoms. The van der Waals surface area contributed by atoms with Gasteiger partial charge in [0.25, 0.3) is 11.7 Å². The lowest BCUT2D eigenvalue weighted by Gasteiger charge is -2.26. The number of aliphatic hydroxyl groups excluding tert-OH is 1. The third-order valence-corrected chi connectivity index (χ3v) is 5.94. The van der Waals surface area contributed by atoms with Gasteiger partial charge in [0.05, 0.1) is 24.8 Å². The molecule has 0 aromatic heterocycles. The van der Waals surface area contributed by atoms with E-state index in [0.717, 1.165) is 5.56 Å². The van der Waals surface area contributed by atoms with Gasteiger partial charge in [-0.1, -0.05) is 38.1 Å². The van der Waals surface area contributed by atoms with Crippen molar-refractivity contribution in [2.45, 2.75) is 33.7 Å². The van der Waals surface area contributed by atoms with Crippen molar-refractivity contribution in [1.82, 2.24) is 0 Å². The molecule has 6 heteroatoms. The van der Waals surface area contributed by atoms with E-state index >= 15 is 0 Å². The number of benzene rings is 3. The first kappa shape index (κ1) is 25.0. The maximum Gasteiger partial charge on any atom is 0.300 e. The van der Waals surface area contributed by atoms with Gasteiger partial charge in [0.1, 0.15) is 17.3 Å². The van der Waals surface area contributed by atoms with Crippen molar-refractivity contribution in [2.24, 2.45) is 5.92 Å². The molecular weight excluding hydrogens is 454 g/mol. The van der Waals surface area contributed by atoms with Crippen molar-refractivity contribution in [3.63, 3.8) is 0 Å². The van der Waals surface area contributed by atoms with Gasteiger partial charge in [0.15, 0.2) is 0 Å². The van der Waals surface area contributed by atoms with E-state index in [0.29, 0.717) is 47.4 Å². The van der Waals surface area contributed by atoms with Gasteiger partial charge in [-0.3, -0.25) is 14.5 Å². The highest BCUT2D eigenvalue weighted by Crippen LogP contribution is 2.42. The molecule has 1 unspecified atom stereocenters. The number of amides is 1. The number of rotatable bonds is 8. The van der Waals surface area contributed by atoms with Gasteiger partial charge in [0, 0.05) is 11.3 Å². The molecule has 3 aromatic carbocycles. The number of nitrogens with zero attached hydrogens (tertiary/aromatic N) is 1. The van der Waals surface area contributed by atoms with E-state index in [1.54, 1.807) is 42.5 Å². The fourth-order valence-corrected chi connectivity index (χ4v) is 4.23. The Hall–Kier alpha value is -4.06. The third-order valence-electron chi connectivity index (χ3n) is 5.94. The number of Topliss-reactive ketones (excluding diaryl/α,β-unsaturated/α-hetero) is 1. The molecular formula is C30H31NO5. The fourth-order valence-electron chi connectivity index (χ4n) is 4.23. The molecule has 4 rings (SSSR count). The van der Waals surface area contributed by atoms with Gasteiger partial charge in [-0.2, -0.15) is 0 Å². The lowest BCUT2D eigenvalue weighted by Crippen LogP contribution is -2.29. The summed E-state index contributed by atoms with van der Waals surface area (Å²) < 4.78 is 11.3. The fraction of sp³-hybridized carbons (Fsp3) is 0.267. The summed E-state index contributed by atoms with van der Waals surface area (Å²) in [6.07, 6.45) is 0. The summed E-state index contributed by atoms with van der Waals surface area (Å²) >= 11 is 0. The van der Waals surface area contributed by atoms with Crippen LogP contribution in [0.4, 0.5) is 5.69 Å². The minimum absolute atomic E-state index is 0.0431. The summed E-state index contributed by atoms with van der Waals surface area (Å²) in [6, 6.07) is 20.8. The number of carbonyl (C=O) groups is 2. The summed E-state index contributed by atoms with van der Waals surface area (Å²) in [5.74, 6) is 0.0998. The summed E-state index contributed by atoms with van der Waals surface area (Å²) in [5, 5.41) is 11.3. The Kier molecular flexibility index (Phi) is 7.44. The van der Waals surface area contributed by atoms with Crippen LogP contribution in [0.3, 0.4) is 0 Å². The highest BCUT2D eigenvalue weighted by Gasteiger charge is 2.47. The lowest BCUT2D eigenvalue weighted by atomic mass is 9.95. The highest BCUT2D eigenvalue weighted by atomic mass is 16.5. The first-order chi connectivity index (χ1) is 17.3. The van der Waals surface area contributed by atoms with Crippen LogP contribution in [0.5, 0.6) is 11.5 Å². The van der Waals surface area contributed by atoms with Crippen LogP contribution in [0, 0.1) is 12.8 Å². The average Bonchev–Trinajstić information content (AvgIpc) is 3.13. The maximum atomic E-state index is 13.3. The number of carbonyl (C=O) groups excluding carboxylic acids is 2. The number of ketones is 1. The molecule has 0 radical (unpaired) electrons. The van der Waals surface area contributed by atoms with Crippen molar-refractivity contribution in [2.75, 3.05) is 18.1 Å². The average molecular weight is 486 g/mol. The standard InChI is InChI=1S/C30H31NO5/c1-5-35-24-13-9-21(10-14-24)27-26(28(32)22-11-15-25(16-12-22)36-18-19(2)3)29(33)30(34)31(27)23-8-6-7-20(4)17-23/h6-17,19,27,32H,5,18H2,1-4H3/b28-26+. The second kappa shape index (κ2) is 10.7. The number of hydrogen-bond acceptors (Lipinski definition) is 5. The summed E-state index contributed by atoms with van der Waals surface area (Å²) in [5.41, 5.74) is 2.72. The molecule has 186 valence electrons. The molecule has 1 N–H and O–H groups in total. The summed E-state index contributed by atoms with van der Waals surface area (Å²) in [6.45, 7) is 9.06. The van der Waals surface area contributed by atoms with Gasteiger partial charge < -0.3 is 14.6 Å². The summed E-state index contributed by atoms with van der Waals surface area (Å²) in [4.78, 5) is 28.1. The van der Waals surface area contributed by atoms with Gasteiger partial charge in [-0.05, 0) is 79.4 Å². The van der Waals surface area contributed by atoms with E-state index in [9.17, 15) is 14.7 Å². The van der Waals surface area contributed by atoms with Crippen LogP contribution < -0.4 is 14.4 Å². The molecule has 0 spiro atoms. The number of aryl methyl sites for hydroxylation is 1. The quantitative estimate of drug-likeness (QED) is 0.239. The molecule has 0 aliphatic carbocycles. The second-order valence-corrected chi connectivity index (χ2v) is 9.24. The van der Waals surface area contributed by atoms with E-state index in [-0.39, 0.29) is 11.3 Å². The van der Waals surface area contributed by atoms with Crippen LogP contribution >= 0.6 is 0 Å². The molecule has 1 aliphatic rings. The van der Waals surface area contributed by atoms with Crippen LogP contribution in [-0.2, 0) is 9.59 Å². The van der Waals surface area contributed by atoms with Gasteiger partial charge >= 0.3 is 0 Å². The smallest absolute Gasteiger partial charge is 0.300 e. The van der Waals surface area contributed by atoms with E-state index < -0.39 is 17.7 Å². The summed E-state index contributed by atoms with van der Waals surface area (Å²) in [7, 11) is 0. The van der Waals surface area contributed by atoms with E-state index in [1.807, 2.05) is 44.2 Å². The second-order valence-electron chi connectivity index (χ2n) is 9.24. The van der Waals surface area contributed by atoms with Crippen LogP contribution in [0.1, 0.15) is 43.5 Å². The van der Waals surface area contributed by atoms with Crippen molar-refractivity contribution in [1.29, 1.82) is 0 Å². The maximum absolute atomic E-state index is 13.3. The van der Waals surface area contributed by atoms with Crippen molar-refractivity contribution >= 4 is 23.1 Å². The van der Waals surface area contributed by atoms with Gasteiger partial charge in [-0.25, -0.2) is 0 Å². The van der Waals surface area contributed by atoms with Gasteiger partial charge in [-0.15, -0.1) is 0 Å². The molecule has 1 amide bonds. The van der Waals surface area contributed by atoms with E-state index in [2.05, 4.69) is 13.8 Å². The predicted octanol–water partition coefficient (Wildman–Crippen LogP) is 6.05. The number of hydrogen-bond donors (Lipinski definition) is 1. The van der Waals surface area contributed by atoms with Crippen LogP contribution in [0.25, 0.3) is 5.76 Å². The molecule has 1 saturated heterocycles. The SMILES string of the molecule is CCOc1ccc(C2/C(=C(\O)c3ccc(OCC(C)C)cc3)C(=O)C(=O)N2c2cccc(C)c2)cc1. The normalized spacial score (nSPS) is 17.0. The van der Waals surface area contributed by atoms with Crippen molar-refractivity contribution < 1.29 is 24.2 Å². The van der Waals surface area contributed by atoms with Crippen LogP contribution in [-0.4, -0.2) is 30.0 Å². The number of anilines is 1. The van der Waals surface area contributed by atoms with Crippen molar-refractivity contribution in [3.05, 3.63) is 95.1 Å². The number of aliphatic hydroxyl groups is 1. The monoisotopic (exact) mass is 485 g/mol. The lowest BCUT2D eigenvalue weighted by molar-refractivity contribution is -0.132. The Bertz CT molecular complexity index is 1280. The topological polar surface area (TPSA) is 76.1 Å². The zero-order valence-corrected chi connectivity index (χ0v) is 21.0. The minimum Gasteiger partial charge on any atom is -0.507 e. The molecule has 1 heterocycles. The third kappa shape index (κ3) is 5.13. The molecule has 3 aromatic rings. The van der Waals surface area contributed by atoms with E-state index in [4.69, 9.17) is 9.47 Å². The Morgan fingerprint density at radius 3 is 2.19 bits per heavy atom. The van der Waals surface area contributed by atoms with Crippen LogP contribution in [0.2, 0.25) is 0 Å². The first-order valence-corrected chi connectivity index (χ1v) is 12.1. The molecule has 0 saturated carbocycles. The van der Waals surface area contributed by atoms with E-state index in [1.165, 1.54) is 4.90 Å². The Balaban J connectivity index is 1.81. The molecule has 1 atom stereocenters. The molecule has 1 fully saturated rings. The number of ether oxygens (including phenoxy) is 2. The highest BCUT2D eigenvalue weighted by molar-refractivity contribution is 6.51.